The van der Waals surface area contributed by atoms with Crippen LogP contribution < -0.4 is 11.1 Å². The predicted octanol–water partition coefficient (Wildman–Crippen LogP) is 0.284. The maximum atomic E-state index is 11.5. The van der Waals surface area contributed by atoms with Crippen molar-refractivity contribution in [1.82, 2.24) is 20.2 Å². The van der Waals surface area contributed by atoms with Gasteiger partial charge in [-0.3, -0.25) is 9.59 Å². The lowest BCUT2D eigenvalue weighted by Gasteiger charge is -2.18. The minimum atomic E-state index is -0.195. The van der Waals surface area contributed by atoms with Crippen molar-refractivity contribution in [3.63, 3.8) is 0 Å². The number of hydrogen-bond acceptors (Lipinski definition) is 4. The normalized spacial score (nSPS) is 9.81. The summed E-state index contributed by atoms with van der Waals surface area (Å²) in [5.41, 5.74) is 6.23. The van der Waals surface area contributed by atoms with Crippen LogP contribution in [0.1, 0.15) is 26.0 Å². The highest BCUT2D eigenvalue weighted by atomic mass is 16.2. The zero-order chi connectivity index (χ0) is 16.3. The molecule has 1 aromatic rings. The van der Waals surface area contributed by atoms with E-state index in [9.17, 15) is 9.59 Å². The van der Waals surface area contributed by atoms with Crippen LogP contribution in [0.5, 0.6) is 0 Å². The van der Waals surface area contributed by atoms with Crippen molar-refractivity contribution in [3.05, 3.63) is 18.2 Å². The van der Waals surface area contributed by atoms with Crippen LogP contribution in [0.2, 0.25) is 0 Å². The summed E-state index contributed by atoms with van der Waals surface area (Å²) in [6, 6.07) is 0. The van der Waals surface area contributed by atoms with Gasteiger partial charge in [0.25, 0.3) is 0 Å². The predicted molar refractivity (Wildman–Crippen MR) is 82.5 cm³/mol. The number of aromatic nitrogens is 2. The lowest BCUT2D eigenvalue weighted by atomic mass is 10.1. The third-order valence-corrected chi connectivity index (χ3v) is 2.60. The number of carbonyl (C=O) groups is 2. The van der Waals surface area contributed by atoms with E-state index in [0.717, 1.165) is 5.69 Å². The number of aromatic amines is 1. The van der Waals surface area contributed by atoms with Crippen LogP contribution in [0.3, 0.4) is 0 Å². The van der Waals surface area contributed by atoms with Crippen molar-refractivity contribution < 1.29 is 9.59 Å². The summed E-state index contributed by atoms with van der Waals surface area (Å²) in [5.74, 6) is 0.269. The number of aryl methyl sites for hydroxylation is 1. The van der Waals surface area contributed by atoms with E-state index < -0.39 is 0 Å². The fourth-order valence-corrected chi connectivity index (χ4v) is 1.39. The topological polar surface area (TPSA) is 104 Å². The number of nitrogens with zero attached hydrogens (tertiary/aromatic N) is 2. The van der Waals surface area contributed by atoms with Crippen molar-refractivity contribution in [1.29, 1.82) is 0 Å². The summed E-state index contributed by atoms with van der Waals surface area (Å²) in [6.07, 6.45) is 3.98. The first-order valence-corrected chi connectivity index (χ1v) is 7.02. The average molecular weight is 297 g/mol. The first-order chi connectivity index (χ1) is 9.86. The molecule has 0 aliphatic heterocycles. The second-order valence-corrected chi connectivity index (χ2v) is 5.20. The molecule has 0 unspecified atom stereocenters. The van der Waals surface area contributed by atoms with Crippen LogP contribution in [0.25, 0.3) is 0 Å². The van der Waals surface area contributed by atoms with E-state index in [0.29, 0.717) is 25.4 Å². The fourth-order valence-electron chi connectivity index (χ4n) is 1.39. The molecule has 0 fully saturated rings. The third-order valence-electron chi connectivity index (χ3n) is 2.60. The van der Waals surface area contributed by atoms with Crippen LogP contribution in [-0.4, -0.2) is 53.4 Å². The molecule has 7 heteroatoms. The molecule has 7 nitrogen and oxygen atoms in total. The first-order valence-electron chi connectivity index (χ1n) is 7.02. The number of H-pyrrole nitrogens is 1. The highest BCUT2D eigenvalue weighted by Gasteiger charge is 2.10. The largest absolute Gasteiger partial charge is 0.353 e. The second kappa shape index (κ2) is 10.8. The van der Waals surface area contributed by atoms with Crippen LogP contribution in [0, 0.1) is 12.8 Å². The summed E-state index contributed by atoms with van der Waals surface area (Å²) >= 11 is 0. The fraction of sp³-hybridized carbons (Fsp3) is 0.643. The molecule has 0 saturated carbocycles. The SMILES string of the molecule is CC(C)CC(=O)N(C)CCNC(=O)CN.Cc1cnc[nH]1. The summed E-state index contributed by atoms with van der Waals surface area (Å²) in [6.45, 7) is 6.94. The Morgan fingerprint density at radius 3 is 2.52 bits per heavy atom. The number of nitrogens with one attached hydrogen (secondary N) is 2. The molecule has 1 rings (SSSR count). The van der Waals surface area contributed by atoms with Gasteiger partial charge in [0.05, 0.1) is 12.9 Å². The van der Waals surface area contributed by atoms with Gasteiger partial charge in [-0.15, -0.1) is 0 Å². The van der Waals surface area contributed by atoms with E-state index in [4.69, 9.17) is 5.73 Å². The number of imidazole rings is 1. The minimum Gasteiger partial charge on any atom is -0.353 e. The van der Waals surface area contributed by atoms with E-state index >= 15 is 0 Å². The standard InChI is InChI=1S/C10H21N3O2.C4H6N2/c1-8(2)6-10(15)13(3)5-4-12-9(14)7-11;1-4-2-5-3-6-4/h8H,4-7,11H2,1-3H3,(H,12,14);2-3H,1H3,(H,5,6). The molecule has 0 aliphatic carbocycles. The number of amides is 2. The highest BCUT2D eigenvalue weighted by molar-refractivity contribution is 5.78. The molecule has 0 saturated heterocycles. The number of likely N-dealkylation sites (N-methyl/N-ethyl adjacent to an activating group) is 1. The second-order valence-electron chi connectivity index (χ2n) is 5.20. The number of nitrogens with two attached hydrogens (primary N) is 1. The summed E-state index contributed by atoms with van der Waals surface area (Å²) < 4.78 is 0. The molecule has 0 spiro atoms. The summed E-state index contributed by atoms with van der Waals surface area (Å²) in [7, 11) is 1.74. The molecule has 4 N–H and O–H groups in total. The van der Waals surface area contributed by atoms with Gasteiger partial charge in [0.15, 0.2) is 0 Å². The monoisotopic (exact) mass is 297 g/mol. The third kappa shape index (κ3) is 10.5. The molecule has 1 heterocycles. The van der Waals surface area contributed by atoms with E-state index in [-0.39, 0.29) is 18.4 Å². The molecule has 120 valence electrons. The van der Waals surface area contributed by atoms with Gasteiger partial charge in [-0.25, -0.2) is 4.98 Å². The minimum absolute atomic E-state index is 0.0103. The van der Waals surface area contributed by atoms with Crippen molar-refractivity contribution in [3.8, 4) is 0 Å². The van der Waals surface area contributed by atoms with Crippen molar-refractivity contribution in [2.45, 2.75) is 27.2 Å². The molecule has 0 atom stereocenters. The van der Waals surface area contributed by atoms with Gasteiger partial charge < -0.3 is 20.9 Å². The number of hydrogen-bond donors (Lipinski definition) is 3. The van der Waals surface area contributed by atoms with E-state index in [2.05, 4.69) is 15.3 Å². The first kappa shape index (κ1) is 19.1. The van der Waals surface area contributed by atoms with Gasteiger partial charge >= 0.3 is 0 Å². The Hall–Kier alpha value is -1.89. The quantitative estimate of drug-likeness (QED) is 0.701. The van der Waals surface area contributed by atoms with Crippen LogP contribution in [0.15, 0.2) is 12.5 Å². The molecule has 0 aliphatic rings. The van der Waals surface area contributed by atoms with Gasteiger partial charge in [0.2, 0.25) is 11.8 Å². The Balaban J connectivity index is 0.000000547. The van der Waals surface area contributed by atoms with Crippen molar-refractivity contribution >= 4 is 11.8 Å². The Labute approximate surface area is 126 Å². The Morgan fingerprint density at radius 2 is 2.14 bits per heavy atom. The van der Waals surface area contributed by atoms with Crippen molar-refractivity contribution in [2.24, 2.45) is 11.7 Å². The smallest absolute Gasteiger partial charge is 0.233 e. The molecule has 1 aromatic heterocycles. The molecule has 0 bridgehead atoms. The lowest BCUT2D eigenvalue weighted by Crippen LogP contribution is -2.38. The van der Waals surface area contributed by atoms with Crippen LogP contribution >= 0.6 is 0 Å². The van der Waals surface area contributed by atoms with Gasteiger partial charge in [0, 0.05) is 38.4 Å². The maximum absolute atomic E-state index is 11.5. The van der Waals surface area contributed by atoms with Gasteiger partial charge in [-0.2, -0.15) is 0 Å². The molecular formula is C14H27N5O2. The Bertz CT molecular complexity index is 404. The van der Waals surface area contributed by atoms with Crippen molar-refractivity contribution in [2.75, 3.05) is 26.7 Å². The number of rotatable bonds is 6. The van der Waals surface area contributed by atoms with Gasteiger partial charge in [-0.1, -0.05) is 13.8 Å². The van der Waals surface area contributed by atoms with E-state index in [1.165, 1.54) is 0 Å². The molecule has 0 radical (unpaired) electrons. The maximum Gasteiger partial charge on any atom is 0.233 e. The lowest BCUT2D eigenvalue weighted by molar-refractivity contribution is -0.131. The summed E-state index contributed by atoms with van der Waals surface area (Å²) in [5, 5.41) is 2.61. The Kier molecular flexibility index (Phi) is 9.87. The molecule has 0 aromatic carbocycles. The van der Waals surface area contributed by atoms with E-state index in [1.807, 2.05) is 20.8 Å². The average Bonchev–Trinajstić information content (AvgIpc) is 2.89. The van der Waals surface area contributed by atoms with Crippen LogP contribution in [-0.2, 0) is 9.59 Å². The molecule has 2 amide bonds. The molecular weight excluding hydrogens is 270 g/mol. The molecule has 21 heavy (non-hydrogen) atoms. The van der Waals surface area contributed by atoms with Crippen LogP contribution in [0.4, 0.5) is 0 Å². The van der Waals surface area contributed by atoms with E-state index in [1.54, 1.807) is 24.5 Å². The highest BCUT2D eigenvalue weighted by Crippen LogP contribution is 2.01. The van der Waals surface area contributed by atoms with Gasteiger partial charge in [-0.05, 0) is 12.8 Å². The Morgan fingerprint density at radius 1 is 1.48 bits per heavy atom. The zero-order valence-corrected chi connectivity index (χ0v) is 13.3. The number of carbonyl (C=O) groups excluding carboxylic acids is 2. The zero-order valence-electron chi connectivity index (χ0n) is 13.3. The van der Waals surface area contributed by atoms with Gasteiger partial charge in [0.1, 0.15) is 0 Å². The summed E-state index contributed by atoms with van der Waals surface area (Å²) in [4.78, 5) is 30.6.